The van der Waals surface area contributed by atoms with Gasteiger partial charge in [0.2, 0.25) is 5.91 Å². The van der Waals surface area contributed by atoms with E-state index >= 15 is 0 Å². The van der Waals surface area contributed by atoms with Gasteiger partial charge < -0.3 is 19.5 Å². The minimum Gasteiger partial charge on any atom is -0.490 e. The second-order valence-corrected chi connectivity index (χ2v) is 9.59. The Hall–Kier alpha value is -3.42. The zero-order valence-corrected chi connectivity index (χ0v) is 20.9. The molecule has 0 aliphatic heterocycles. The van der Waals surface area contributed by atoms with E-state index < -0.39 is 17.5 Å². The van der Waals surface area contributed by atoms with Gasteiger partial charge >= 0.3 is 11.9 Å². The van der Waals surface area contributed by atoms with E-state index in [2.05, 4.69) is 16.9 Å². The van der Waals surface area contributed by atoms with Gasteiger partial charge in [-0.2, -0.15) is 0 Å². The summed E-state index contributed by atoms with van der Waals surface area (Å²) in [6.45, 7) is 9.78. The van der Waals surface area contributed by atoms with Crippen LogP contribution in [-0.4, -0.2) is 48.7 Å². The highest BCUT2D eigenvalue weighted by molar-refractivity contribution is 5.96. The van der Waals surface area contributed by atoms with E-state index in [1.165, 1.54) is 14.2 Å². The van der Waals surface area contributed by atoms with Gasteiger partial charge in [0.25, 0.3) is 0 Å². The highest BCUT2D eigenvalue weighted by Crippen LogP contribution is 2.46. The number of fused-ring (bicyclic) bond motifs is 1. The summed E-state index contributed by atoms with van der Waals surface area (Å²) in [5.74, 6) is -1.02. The van der Waals surface area contributed by atoms with E-state index in [-0.39, 0.29) is 29.5 Å². The van der Waals surface area contributed by atoms with Crippen molar-refractivity contribution >= 4 is 28.7 Å². The Balaban J connectivity index is 1.55. The summed E-state index contributed by atoms with van der Waals surface area (Å²) < 4.78 is 16.2. The number of benzene rings is 1. The minimum atomic E-state index is -1.00. The van der Waals surface area contributed by atoms with E-state index in [0.29, 0.717) is 36.9 Å². The number of nitrogens with one attached hydrogen (secondary N) is 1. The molecular weight excluding hydrogens is 448 g/mol. The number of nitrogens with zero attached hydrogens (tertiary/aromatic N) is 1. The van der Waals surface area contributed by atoms with Crippen LogP contribution in [0, 0.1) is 32.6 Å². The lowest BCUT2D eigenvalue weighted by Gasteiger charge is -2.20. The lowest BCUT2D eigenvalue weighted by atomic mass is 9.99. The number of hydrogen-bond donors (Lipinski definition) is 1. The molecule has 4 rings (SSSR count). The molecule has 2 saturated carbocycles. The quantitative estimate of drug-likeness (QED) is 0.476. The Morgan fingerprint density at radius 1 is 1.11 bits per heavy atom. The highest BCUT2D eigenvalue weighted by atomic mass is 16.5. The van der Waals surface area contributed by atoms with Gasteiger partial charge in [0, 0.05) is 23.3 Å². The van der Waals surface area contributed by atoms with Crippen LogP contribution in [0.3, 0.4) is 0 Å². The molecule has 0 saturated heterocycles. The molecule has 8 nitrogen and oxygen atoms in total. The first kappa shape index (κ1) is 24.7. The molecule has 0 radical (unpaired) electrons. The first-order chi connectivity index (χ1) is 16.6. The molecule has 0 spiro atoms. The molecular formula is C27H32N2O6. The van der Waals surface area contributed by atoms with Gasteiger partial charge in [0.05, 0.1) is 25.8 Å². The maximum Gasteiger partial charge on any atom is 0.356 e. The third-order valence-corrected chi connectivity index (χ3v) is 7.53. The molecule has 1 heterocycles. The first-order valence-electron chi connectivity index (χ1n) is 11.8. The maximum atomic E-state index is 13.0. The van der Waals surface area contributed by atoms with E-state index in [4.69, 9.17) is 14.2 Å². The fourth-order valence-corrected chi connectivity index (χ4v) is 5.03. The largest absolute Gasteiger partial charge is 0.490 e. The molecule has 1 amide bonds. The molecule has 2 aliphatic rings. The fourth-order valence-electron chi connectivity index (χ4n) is 5.03. The number of esters is 2. The zero-order valence-electron chi connectivity index (χ0n) is 20.9. The minimum absolute atomic E-state index is 0.123. The van der Waals surface area contributed by atoms with Crippen molar-refractivity contribution in [1.29, 1.82) is 0 Å². The van der Waals surface area contributed by atoms with Crippen LogP contribution in [0.1, 0.15) is 52.9 Å². The van der Waals surface area contributed by atoms with Crippen molar-refractivity contribution in [1.82, 2.24) is 10.3 Å². The molecule has 4 atom stereocenters. The average Bonchev–Trinajstić information content (AvgIpc) is 3.37. The lowest BCUT2D eigenvalue weighted by Crippen LogP contribution is -2.47. The van der Waals surface area contributed by atoms with Crippen LogP contribution in [0.15, 0.2) is 24.8 Å². The summed E-state index contributed by atoms with van der Waals surface area (Å²) in [7, 11) is 2.64. The van der Waals surface area contributed by atoms with Crippen LogP contribution in [0.4, 0.5) is 0 Å². The molecule has 2 aromatic rings. The second kappa shape index (κ2) is 9.32. The molecule has 2 aliphatic carbocycles. The van der Waals surface area contributed by atoms with Crippen molar-refractivity contribution in [2.45, 2.75) is 58.1 Å². The smallest absolute Gasteiger partial charge is 0.356 e. The van der Waals surface area contributed by atoms with Crippen LogP contribution in [0.2, 0.25) is 0 Å². The zero-order chi connectivity index (χ0) is 25.5. The highest BCUT2D eigenvalue weighted by Gasteiger charge is 2.61. The third-order valence-electron chi connectivity index (χ3n) is 7.53. The van der Waals surface area contributed by atoms with Crippen molar-refractivity contribution in [3.63, 3.8) is 0 Å². The fraction of sp³-hybridized carbons (Fsp3) is 0.481. The number of carbonyl (C=O) groups is 3. The predicted molar refractivity (Wildman–Crippen MR) is 130 cm³/mol. The lowest BCUT2D eigenvalue weighted by molar-refractivity contribution is -0.147. The van der Waals surface area contributed by atoms with Gasteiger partial charge in [-0.3, -0.25) is 4.79 Å². The predicted octanol–water partition coefficient (Wildman–Crippen LogP) is 3.73. The molecule has 8 heteroatoms. The number of rotatable bonds is 7. The number of hydrogen-bond acceptors (Lipinski definition) is 7. The van der Waals surface area contributed by atoms with Crippen LogP contribution >= 0.6 is 0 Å². The van der Waals surface area contributed by atoms with Crippen LogP contribution in [0.25, 0.3) is 10.9 Å². The molecule has 1 aromatic carbocycles. The van der Waals surface area contributed by atoms with Crippen LogP contribution in [0.5, 0.6) is 5.75 Å². The van der Waals surface area contributed by atoms with E-state index in [1.54, 1.807) is 12.1 Å². The number of aromatic nitrogens is 1. The molecule has 0 bridgehead atoms. The standard InChI is InChI=1S/C27H32N2O6/c1-7-18-13-27(18,26(32)34-6)29-24(30)17-8-9-19(11-17)35-22-12-21(25(31)33-5)28-23-16(4)15(3)14(2)10-20(22)23/h7,10,12,17-19H,1,8-9,11,13H2,2-6H3,(H,29,30)/t17-,18+,19-,27+/m0/s1. The van der Waals surface area contributed by atoms with Gasteiger partial charge in [-0.05, 0) is 69.2 Å². The molecule has 186 valence electrons. The number of methoxy groups -OCH3 is 2. The van der Waals surface area contributed by atoms with Crippen LogP contribution in [-0.2, 0) is 19.1 Å². The number of aryl methyl sites for hydroxylation is 2. The second-order valence-electron chi connectivity index (χ2n) is 9.59. The number of ether oxygens (including phenoxy) is 3. The number of pyridine rings is 1. The van der Waals surface area contributed by atoms with Crippen molar-refractivity contribution in [2.24, 2.45) is 11.8 Å². The van der Waals surface area contributed by atoms with E-state index in [1.807, 2.05) is 26.8 Å². The summed E-state index contributed by atoms with van der Waals surface area (Å²) in [5.41, 5.74) is 3.06. The Morgan fingerprint density at radius 2 is 1.86 bits per heavy atom. The Kier molecular flexibility index (Phi) is 6.58. The Morgan fingerprint density at radius 3 is 2.49 bits per heavy atom. The Bertz CT molecular complexity index is 1220. The summed E-state index contributed by atoms with van der Waals surface area (Å²) >= 11 is 0. The van der Waals surface area contributed by atoms with E-state index in [9.17, 15) is 14.4 Å². The number of carbonyl (C=O) groups excluding carboxylic acids is 3. The topological polar surface area (TPSA) is 104 Å². The summed E-state index contributed by atoms with van der Waals surface area (Å²) in [6.07, 6.45) is 3.78. The molecule has 2 fully saturated rings. The van der Waals surface area contributed by atoms with Gasteiger partial charge in [0.15, 0.2) is 5.69 Å². The SMILES string of the molecule is C=C[C@@H]1C[C@]1(NC(=O)[C@H]1CC[C@H](Oc2cc(C(=O)OC)nc3c(C)c(C)c(C)cc23)C1)C(=O)OC. The van der Waals surface area contributed by atoms with Crippen molar-refractivity contribution in [3.05, 3.63) is 47.2 Å². The van der Waals surface area contributed by atoms with Gasteiger partial charge in [-0.1, -0.05) is 6.08 Å². The Labute approximate surface area is 205 Å². The van der Waals surface area contributed by atoms with Gasteiger partial charge in [0.1, 0.15) is 11.3 Å². The normalized spacial score (nSPS) is 25.1. The van der Waals surface area contributed by atoms with Crippen molar-refractivity contribution < 1.29 is 28.6 Å². The summed E-state index contributed by atoms with van der Waals surface area (Å²) in [5, 5.41) is 3.74. The summed E-state index contributed by atoms with van der Waals surface area (Å²) in [4.78, 5) is 42.1. The van der Waals surface area contributed by atoms with Crippen LogP contribution < -0.4 is 10.1 Å². The molecule has 1 N–H and O–H groups in total. The number of amides is 1. The monoisotopic (exact) mass is 480 g/mol. The molecule has 0 unspecified atom stereocenters. The first-order valence-corrected chi connectivity index (χ1v) is 11.8. The average molecular weight is 481 g/mol. The third kappa shape index (κ3) is 4.37. The van der Waals surface area contributed by atoms with E-state index in [0.717, 1.165) is 22.1 Å². The molecule has 35 heavy (non-hydrogen) atoms. The van der Waals surface area contributed by atoms with Gasteiger partial charge in [-0.15, -0.1) is 6.58 Å². The summed E-state index contributed by atoms with van der Waals surface area (Å²) in [6, 6.07) is 3.63. The van der Waals surface area contributed by atoms with Gasteiger partial charge in [-0.25, -0.2) is 14.6 Å². The van der Waals surface area contributed by atoms with Crippen molar-refractivity contribution in [2.75, 3.05) is 14.2 Å². The maximum absolute atomic E-state index is 13.0. The molecule has 1 aromatic heterocycles. The van der Waals surface area contributed by atoms with Crippen molar-refractivity contribution in [3.8, 4) is 5.75 Å².